The molecule has 3 aromatic rings. The van der Waals surface area contributed by atoms with Gasteiger partial charge < -0.3 is 5.32 Å². The maximum absolute atomic E-state index is 12.2. The molecule has 1 N–H and O–H groups in total. The lowest BCUT2D eigenvalue weighted by atomic mass is 10.1. The van der Waals surface area contributed by atoms with E-state index in [-0.39, 0.29) is 5.91 Å². The van der Waals surface area contributed by atoms with E-state index in [4.69, 9.17) is 0 Å². The number of nitrogens with one attached hydrogen (secondary N) is 1. The summed E-state index contributed by atoms with van der Waals surface area (Å²) in [6, 6.07) is 16.0. The molecule has 0 aliphatic heterocycles. The number of hydrogen-bond donors (Lipinski definition) is 1. The van der Waals surface area contributed by atoms with Gasteiger partial charge in [-0.1, -0.05) is 64.9 Å². The molecule has 0 fully saturated rings. The van der Waals surface area contributed by atoms with Crippen molar-refractivity contribution in [2.24, 2.45) is 0 Å². The molecule has 0 saturated carbocycles. The second-order valence-electron chi connectivity index (χ2n) is 5.35. The number of amides is 1. The Bertz CT molecular complexity index is 862. The Hall–Kier alpha value is -1.63. The molecule has 0 radical (unpaired) electrons. The minimum atomic E-state index is -0.00806. The highest BCUT2D eigenvalue weighted by molar-refractivity contribution is 9.10. The number of nitrogens with zero attached hydrogens (tertiary/aromatic N) is 1. The highest BCUT2D eigenvalue weighted by Gasteiger charge is 2.09. The molecule has 0 bridgehead atoms. The van der Waals surface area contributed by atoms with E-state index >= 15 is 0 Å². The number of rotatable bonds is 6. The molecule has 2 aromatic carbocycles. The van der Waals surface area contributed by atoms with Crippen LogP contribution in [0, 0.1) is 0 Å². The minimum absolute atomic E-state index is 0.00806. The topological polar surface area (TPSA) is 42.0 Å². The Morgan fingerprint density at radius 3 is 2.72 bits per heavy atom. The van der Waals surface area contributed by atoms with E-state index in [1.165, 1.54) is 11.8 Å². The second kappa shape index (κ2) is 8.65. The standard InChI is InChI=1S/C19H17BrN2OS2/c1-2-13-5-3-4-6-16(13)21-18(23)12-25-19-22-17(11-24-19)14-7-9-15(20)10-8-14/h3-11H,2,12H2,1H3,(H,21,23). The van der Waals surface area contributed by atoms with Crippen LogP contribution in [-0.2, 0) is 11.2 Å². The van der Waals surface area contributed by atoms with Crippen molar-refractivity contribution in [2.45, 2.75) is 17.7 Å². The third-order valence-corrected chi connectivity index (χ3v) is 6.17. The summed E-state index contributed by atoms with van der Waals surface area (Å²) in [6.07, 6.45) is 0.895. The molecule has 128 valence electrons. The summed E-state index contributed by atoms with van der Waals surface area (Å²) in [7, 11) is 0. The van der Waals surface area contributed by atoms with E-state index < -0.39 is 0 Å². The lowest BCUT2D eigenvalue weighted by Crippen LogP contribution is -2.15. The molecule has 1 amide bonds. The fraction of sp³-hybridized carbons (Fsp3) is 0.158. The monoisotopic (exact) mass is 432 g/mol. The van der Waals surface area contributed by atoms with Crippen LogP contribution in [0.15, 0.2) is 62.7 Å². The normalized spacial score (nSPS) is 10.6. The summed E-state index contributed by atoms with van der Waals surface area (Å²) in [5.41, 5.74) is 4.06. The molecular weight excluding hydrogens is 416 g/mol. The van der Waals surface area contributed by atoms with E-state index in [1.807, 2.05) is 53.9 Å². The van der Waals surface area contributed by atoms with Crippen LogP contribution >= 0.6 is 39.0 Å². The highest BCUT2D eigenvalue weighted by Crippen LogP contribution is 2.29. The molecule has 3 rings (SSSR count). The number of para-hydroxylation sites is 1. The molecule has 0 aliphatic rings. The fourth-order valence-corrected chi connectivity index (χ4v) is 4.24. The Morgan fingerprint density at radius 2 is 1.96 bits per heavy atom. The molecular formula is C19H17BrN2OS2. The minimum Gasteiger partial charge on any atom is -0.325 e. The highest BCUT2D eigenvalue weighted by atomic mass is 79.9. The Kier molecular flexibility index (Phi) is 6.29. The fourth-order valence-electron chi connectivity index (χ4n) is 2.34. The number of halogens is 1. The second-order valence-corrected chi connectivity index (χ2v) is 8.35. The summed E-state index contributed by atoms with van der Waals surface area (Å²) < 4.78 is 1.95. The van der Waals surface area contributed by atoms with E-state index in [0.717, 1.165) is 37.7 Å². The van der Waals surface area contributed by atoms with Crippen molar-refractivity contribution in [1.82, 2.24) is 4.98 Å². The van der Waals surface area contributed by atoms with Gasteiger partial charge in [-0.2, -0.15) is 0 Å². The van der Waals surface area contributed by atoms with Gasteiger partial charge in [0.2, 0.25) is 5.91 Å². The molecule has 0 aliphatic carbocycles. The zero-order valence-electron chi connectivity index (χ0n) is 13.7. The van der Waals surface area contributed by atoms with Crippen LogP contribution in [0.1, 0.15) is 12.5 Å². The van der Waals surface area contributed by atoms with Crippen molar-refractivity contribution < 1.29 is 4.79 Å². The predicted octanol–water partition coefficient (Wildman–Crippen LogP) is 5.87. The zero-order chi connectivity index (χ0) is 17.6. The first-order valence-corrected chi connectivity index (χ1v) is 10.5. The third-order valence-electron chi connectivity index (χ3n) is 3.62. The van der Waals surface area contributed by atoms with Crippen LogP contribution in [0.4, 0.5) is 5.69 Å². The molecule has 3 nitrogen and oxygen atoms in total. The van der Waals surface area contributed by atoms with Crippen LogP contribution < -0.4 is 5.32 Å². The molecule has 0 spiro atoms. The molecule has 0 saturated heterocycles. The van der Waals surface area contributed by atoms with Gasteiger partial charge in [0.05, 0.1) is 11.4 Å². The van der Waals surface area contributed by atoms with Crippen LogP contribution in [0.5, 0.6) is 0 Å². The zero-order valence-corrected chi connectivity index (χ0v) is 16.9. The smallest absolute Gasteiger partial charge is 0.234 e. The van der Waals surface area contributed by atoms with E-state index in [9.17, 15) is 4.79 Å². The number of aryl methyl sites for hydroxylation is 1. The molecule has 25 heavy (non-hydrogen) atoms. The largest absolute Gasteiger partial charge is 0.325 e. The van der Waals surface area contributed by atoms with Gasteiger partial charge in [-0.05, 0) is 30.2 Å². The lowest BCUT2D eigenvalue weighted by molar-refractivity contribution is -0.113. The van der Waals surface area contributed by atoms with Gasteiger partial charge in [0, 0.05) is 21.1 Å². The predicted molar refractivity (Wildman–Crippen MR) is 110 cm³/mol. The van der Waals surface area contributed by atoms with Gasteiger partial charge in [-0.3, -0.25) is 4.79 Å². The number of thiazole rings is 1. The van der Waals surface area contributed by atoms with E-state index in [0.29, 0.717) is 5.75 Å². The quantitative estimate of drug-likeness (QED) is 0.495. The summed E-state index contributed by atoms with van der Waals surface area (Å²) in [6.45, 7) is 2.08. The summed E-state index contributed by atoms with van der Waals surface area (Å²) >= 11 is 6.47. The van der Waals surface area contributed by atoms with Gasteiger partial charge in [0.15, 0.2) is 4.34 Å². The third kappa shape index (κ3) is 4.93. The molecule has 0 unspecified atom stereocenters. The first-order valence-electron chi connectivity index (χ1n) is 7.87. The number of hydrogen-bond acceptors (Lipinski definition) is 4. The average Bonchev–Trinajstić information content (AvgIpc) is 3.10. The van der Waals surface area contributed by atoms with Crippen molar-refractivity contribution in [1.29, 1.82) is 0 Å². The number of carbonyl (C=O) groups excluding carboxylic acids is 1. The van der Waals surface area contributed by atoms with E-state index in [1.54, 1.807) is 11.3 Å². The maximum Gasteiger partial charge on any atom is 0.234 e. The SMILES string of the molecule is CCc1ccccc1NC(=O)CSc1nc(-c2ccc(Br)cc2)cs1. The maximum atomic E-state index is 12.2. The molecule has 1 heterocycles. The van der Waals surface area contributed by atoms with Gasteiger partial charge >= 0.3 is 0 Å². The Balaban J connectivity index is 1.58. The van der Waals surface area contributed by atoms with Gasteiger partial charge in [-0.15, -0.1) is 11.3 Å². The lowest BCUT2D eigenvalue weighted by Gasteiger charge is -2.08. The van der Waals surface area contributed by atoms with Crippen LogP contribution in [0.2, 0.25) is 0 Å². The number of thioether (sulfide) groups is 1. The van der Waals surface area contributed by atoms with Crippen molar-refractivity contribution in [3.8, 4) is 11.3 Å². The number of aromatic nitrogens is 1. The van der Waals surface area contributed by atoms with Crippen LogP contribution in [0.3, 0.4) is 0 Å². The molecule has 0 atom stereocenters. The van der Waals surface area contributed by atoms with E-state index in [2.05, 4.69) is 33.2 Å². The molecule has 1 aromatic heterocycles. The van der Waals surface area contributed by atoms with Gasteiger partial charge in [-0.25, -0.2) is 4.98 Å². The van der Waals surface area contributed by atoms with Crippen molar-refractivity contribution in [3.63, 3.8) is 0 Å². The van der Waals surface area contributed by atoms with Crippen LogP contribution in [-0.4, -0.2) is 16.6 Å². The van der Waals surface area contributed by atoms with Gasteiger partial charge in [0.25, 0.3) is 0 Å². The van der Waals surface area contributed by atoms with Crippen molar-refractivity contribution in [3.05, 3.63) is 63.9 Å². The van der Waals surface area contributed by atoms with Crippen molar-refractivity contribution in [2.75, 3.05) is 11.1 Å². The Morgan fingerprint density at radius 1 is 1.20 bits per heavy atom. The summed E-state index contributed by atoms with van der Waals surface area (Å²) in [4.78, 5) is 16.8. The van der Waals surface area contributed by atoms with Gasteiger partial charge in [0.1, 0.15) is 0 Å². The van der Waals surface area contributed by atoms with Crippen LogP contribution in [0.25, 0.3) is 11.3 Å². The number of benzene rings is 2. The molecule has 6 heteroatoms. The summed E-state index contributed by atoms with van der Waals surface area (Å²) in [5.74, 6) is 0.344. The van der Waals surface area contributed by atoms with Crippen molar-refractivity contribution >= 4 is 50.6 Å². The Labute approximate surface area is 164 Å². The first-order chi connectivity index (χ1) is 12.2. The average molecular weight is 433 g/mol. The number of carbonyl (C=O) groups is 1. The summed E-state index contributed by atoms with van der Waals surface area (Å²) in [5, 5.41) is 5.01. The number of anilines is 1. The first kappa shape index (κ1) is 18.2.